The molecule has 0 radical (unpaired) electrons. The number of aromatic nitrogens is 2. The summed E-state index contributed by atoms with van der Waals surface area (Å²) < 4.78 is 2.05. The van der Waals surface area contributed by atoms with Gasteiger partial charge in [-0.05, 0) is 24.8 Å². The third kappa shape index (κ3) is 1.26. The van der Waals surface area contributed by atoms with E-state index in [0.717, 1.165) is 5.92 Å². The summed E-state index contributed by atoms with van der Waals surface area (Å²) in [5, 5.41) is 4.49. The maximum absolute atomic E-state index is 4.49. The van der Waals surface area contributed by atoms with E-state index in [-0.39, 0.29) is 0 Å². The van der Waals surface area contributed by atoms with Crippen LogP contribution in [0.1, 0.15) is 49.9 Å². The van der Waals surface area contributed by atoms with Gasteiger partial charge in [0.2, 0.25) is 0 Å². The van der Waals surface area contributed by atoms with Crippen LogP contribution in [0.2, 0.25) is 0 Å². The van der Waals surface area contributed by atoms with Crippen molar-refractivity contribution in [1.29, 1.82) is 0 Å². The Morgan fingerprint density at radius 1 is 1.50 bits per heavy atom. The molecule has 12 heavy (non-hydrogen) atoms. The normalized spacial score (nSPS) is 17.3. The third-order valence-corrected chi connectivity index (χ3v) is 2.52. The van der Waals surface area contributed by atoms with Crippen LogP contribution in [0.3, 0.4) is 0 Å². The second-order valence-electron chi connectivity index (χ2n) is 4.05. The van der Waals surface area contributed by atoms with E-state index in [4.69, 9.17) is 0 Å². The fourth-order valence-corrected chi connectivity index (χ4v) is 1.55. The van der Waals surface area contributed by atoms with Crippen LogP contribution < -0.4 is 0 Å². The van der Waals surface area contributed by atoms with Gasteiger partial charge in [0.15, 0.2) is 0 Å². The predicted octanol–water partition coefficient (Wildman–Crippen LogP) is 2.42. The lowest BCUT2D eigenvalue weighted by atomic mass is 10.1. The van der Waals surface area contributed by atoms with Gasteiger partial charge < -0.3 is 0 Å². The maximum Gasteiger partial charge on any atom is 0.0652 e. The van der Waals surface area contributed by atoms with Crippen molar-refractivity contribution in [1.82, 2.24) is 9.78 Å². The average Bonchev–Trinajstić information content (AvgIpc) is 2.75. The molecule has 0 aromatic carbocycles. The second kappa shape index (κ2) is 2.61. The molecular weight excluding hydrogens is 148 g/mol. The molecule has 0 N–H and O–H groups in total. The molecule has 0 bridgehead atoms. The molecular formula is C10H16N2. The van der Waals surface area contributed by atoms with Crippen LogP contribution in [0.5, 0.6) is 0 Å². The highest BCUT2D eigenvalue weighted by molar-refractivity contribution is 5.20. The summed E-state index contributed by atoms with van der Waals surface area (Å²) in [4.78, 5) is 0. The Morgan fingerprint density at radius 2 is 2.17 bits per heavy atom. The lowest BCUT2D eigenvalue weighted by molar-refractivity contribution is 0.683. The first-order chi connectivity index (χ1) is 5.68. The summed E-state index contributed by atoms with van der Waals surface area (Å²) in [7, 11) is 2.06. The first kappa shape index (κ1) is 7.84. The van der Waals surface area contributed by atoms with Crippen molar-refractivity contribution in [3.8, 4) is 0 Å². The lowest BCUT2D eigenvalue weighted by Gasteiger charge is -1.96. The molecule has 0 amide bonds. The molecule has 1 aromatic heterocycles. The van der Waals surface area contributed by atoms with Crippen molar-refractivity contribution in [3.05, 3.63) is 17.5 Å². The van der Waals surface area contributed by atoms with Gasteiger partial charge in [0.05, 0.1) is 5.69 Å². The van der Waals surface area contributed by atoms with Gasteiger partial charge in [0.25, 0.3) is 0 Å². The largest absolute Gasteiger partial charge is 0.272 e. The summed E-state index contributed by atoms with van der Waals surface area (Å²) in [6, 6.07) is 2.27. The summed E-state index contributed by atoms with van der Waals surface area (Å²) in [5.41, 5.74) is 2.66. The highest BCUT2D eigenvalue weighted by Gasteiger charge is 2.27. The second-order valence-corrected chi connectivity index (χ2v) is 4.05. The molecule has 1 aliphatic carbocycles. The van der Waals surface area contributed by atoms with Crippen LogP contribution in [0.4, 0.5) is 0 Å². The van der Waals surface area contributed by atoms with Crippen molar-refractivity contribution in [2.24, 2.45) is 7.05 Å². The molecule has 1 heterocycles. The van der Waals surface area contributed by atoms with Crippen LogP contribution in [0, 0.1) is 0 Å². The summed E-state index contributed by atoms with van der Waals surface area (Å²) in [6.45, 7) is 4.39. The van der Waals surface area contributed by atoms with Gasteiger partial charge in [0.1, 0.15) is 0 Å². The first-order valence-electron chi connectivity index (χ1n) is 4.72. The Bertz CT molecular complexity index is 282. The molecule has 0 saturated heterocycles. The average molecular weight is 164 g/mol. The number of hydrogen-bond acceptors (Lipinski definition) is 1. The zero-order valence-corrected chi connectivity index (χ0v) is 8.04. The first-order valence-corrected chi connectivity index (χ1v) is 4.72. The highest BCUT2D eigenvalue weighted by atomic mass is 15.3. The maximum atomic E-state index is 4.49. The zero-order valence-electron chi connectivity index (χ0n) is 8.04. The molecule has 0 spiro atoms. The SMILES string of the molecule is CC(C)c1cc(C2CC2)n(C)n1. The fourth-order valence-electron chi connectivity index (χ4n) is 1.55. The minimum Gasteiger partial charge on any atom is -0.272 e. The minimum atomic E-state index is 0.559. The van der Waals surface area contributed by atoms with Crippen molar-refractivity contribution < 1.29 is 0 Å². The molecule has 1 aliphatic rings. The third-order valence-electron chi connectivity index (χ3n) is 2.52. The quantitative estimate of drug-likeness (QED) is 0.656. The Kier molecular flexibility index (Phi) is 1.71. The molecule has 2 nitrogen and oxygen atoms in total. The van der Waals surface area contributed by atoms with E-state index in [1.54, 1.807) is 0 Å². The fraction of sp³-hybridized carbons (Fsp3) is 0.700. The Balaban J connectivity index is 2.30. The number of rotatable bonds is 2. The number of aryl methyl sites for hydroxylation is 1. The molecule has 2 rings (SSSR count). The molecule has 0 unspecified atom stereocenters. The topological polar surface area (TPSA) is 17.8 Å². The van der Waals surface area contributed by atoms with Crippen molar-refractivity contribution in [2.45, 2.75) is 38.5 Å². The predicted molar refractivity (Wildman–Crippen MR) is 49.3 cm³/mol. The lowest BCUT2D eigenvalue weighted by Crippen LogP contribution is -1.96. The van der Waals surface area contributed by atoms with Crippen LogP contribution in [-0.2, 0) is 7.05 Å². The van der Waals surface area contributed by atoms with Crippen molar-refractivity contribution >= 4 is 0 Å². The van der Waals surface area contributed by atoms with E-state index < -0.39 is 0 Å². The Morgan fingerprint density at radius 3 is 2.58 bits per heavy atom. The van der Waals surface area contributed by atoms with Gasteiger partial charge >= 0.3 is 0 Å². The highest BCUT2D eigenvalue weighted by Crippen LogP contribution is 2.40. The van der Waals surface area contributed by atoms with E-state index in [2.05, 4.69) is 32.1 Å². The molecule has 1 fully saturated rings. The number of hydrogen-bond donors (Lipinski definition) is 0. The molecule has 1 aromatic rings. The molecule has 0 atom stereocenters. The van der Waals surface area contributed by atoms with Gasteiger partial charge in [-0.3, -0.25) is 4.68 Å². The summed E-state index contributed by atoms with van der Waals surface area (Å²) in [5.74, 6) is 1.37. The zero-order chi connectivity index (χ0) is 8.72. The van der Waals surface area contributed by atoms with E-state index in [9.17, 15) is 0 Å². The van der Waals surface area contributed by atoms with Crippen LogP contribution in [-0.4, -0.2) is 9.78 Å². The van der Waals surface area contributed by atoms with E-state index in [1.807, 2.05) is 4.68 Å². The van der Waals surface area contributed by atoms with Gasteiger partial charge in [-0.25, -0.2) is 0 Å². The van der Waals surface area contributed by atoms with Crippen LogP contribution in [0.25, 0.3) is 0 Å². The molecule has 0 aliphatic heterocycles. The van der Waals surface area contributed by atoms with Gasteiger partial charge in [-0.2, -0.15) is 5.10 Å². The minimum absolute atomic E-state index is 0.559. The molecule has 2 heteroatoms. The van der Waals surface area contributed by atoms with Crippen molar-refractivity contribution in [3.63, 3.8) is 0 Å². The molecule has 66 valence electrons. The van der Waals surface area contributed by atoms with E-state index >= 15 is 0 Å². The van der Waals surface area contributed by atoms with Crippen LogP contribution >= 0.6 is 0 Å². The van der Waals surface area contributed by atoms with Crippen LogP contribution in [0.15, 0.2) is 6.07 Å². The van der Waals surface area contributed by atoms with E-state index in [0.29, 0.717) is 5.92 Å². The van der Waals surface area contributed by atoms with Gasteiger partial charge in [-0.1, -0.05) is 13.8 Å². The Hall–Kier alpha value is -0.790. The summed E-state index contributed by atoms with van der Waals surface area (Å²) in [6.07, 6.45) is 2.72. The smallest absolute Gasteiger partial charge is 0.0652 e. The standard InChI is InChI=1S/C10H16N2/c1-7(2)9-6-10(8-4-5-8)12(3)11-9/h6-8H,4-5H2,1-3H3. The van der Waals surface area contributed by atoms with Gasteiger partial charge in [-0.15, -0.1) is 0 Å². The molecule has 1 saturated carbocycles. The van der Waals surface area contributed by atoms with Crippen molar-refractivity contribution in [2.75, 3.05) is 0 Å². The summed E-state index contributed by atoms with van der Waals surface area (Å²) >= 11 is 0. The Labute approximate surface area is 73.6 Å². The van der Waals surface area contributed by atoms with Gasteiger partial charge in [0, 0.05) is 18.7 Å². The van der Waals surface area contributed by atoms with E-state index in [1.165, 1.54) is 24.2 Å². The monoisotopic (exact) mass is 164 g/mol. The number of nitrogens with zero attached hydrogens (tertiary/aromatic N) is 2.